The van der Waals surface area contributed by atoms with Crippen molar-refractivity contribution in [3.63, 3.8) is 0 Å². The molecule has 0 aromatic heterocycles. The molecule has 0 aliphatic rings. The summed E-state index contributed by atoms with van der Waals surface area (Å²) in [7, 11) is 0. The molecule has 0 aliphatic carbocycles. The van der Waals surface area contributed by atoms with Gasteiger partial charge in [-0.1, -0.05) is 0 Å². The summed E-state index contributed by atoms with van der Waals surface area (Å²) >= 11 is 0.750. The SMILES string of the molecule is CCOCC(=O)CC(=O)O.CCOCC(=O)CC(=O)O.[O]=[Ti]. The van der Waals surface area contributed by atoms with E-state index >= 15 is 0 Å². The van der Waals surface area contributed by atoms with Gasteiger partial charge in [-0.2, -0.15) is 0 Å². The van der Waals surface area contributed by atoms with Crippen LogP contribution in [-0.4, -0.2) is 60.1 Å². The normalized spacial score (nSPS) is 8.59. The van der Waals surface area contributed by atoms with Crippen LogP contribution in [0.2, 0.25) is 0 Å². The van der Waals surface area contributed by atoms with Gasteiger partial charge in [-0.05, 0) is 13.8 Å². The van der Waals surface area contributed by atoms with Crippen LogP contribution in [0.4, 0.5) is 0 Å². The summed E-state index contributed by atoms with van der Waals surface area (Å²) in [4.78, 5) is 40.8. The predicted octanol–water partition coefficient (Wildman–Crippen LogP) is 0.0121. The molecule has 0 heterocycles. The maximum atomic E-state index is 10.5. The summed E-state index contributed by atoms with van der Waals surface area (Å²) in [5, 5.41) is 16.2. The number of carbonyl (C=O) groups excluding carboxylic acids is 2. The van der Waals surface area contributed by atoms with Gasteiger partial charge < -0.3 is 19.7 Å². The second-order valence-corrected chi connectivity index (χ2v) is 3.49. The van der Waals surface area contributed by atoms with Crippen molar-refractivity contribution in [2.75, 3.05) is 26.4 Å². The molecule has 0 rings (SSSR count). The zero-order valence-corrected chi connectivity index (χ0v) is 14.1. The summed E-state index contributed by atoms with van der Waals surface area (Å²) in [6, 6.07) is 0. The number of rotatable bonds is 10. The fourth-order valence-corrected chi connectivity index (χ4v) is 0.871. The van der Waals surface area contributed by atoms with Gasteiger partial charge in [-0.15, -0.1) is 0 Å². The van der Waals surface area contributed by atoms with E-state index in [1.807, 2.05) is 0 Å². The molecule has 0 aliphatic heterocycles. The van der Waals surface area contributed by atoms with E-state index in [0.29, 0.717) is 13.2 Å². The molecule has 126 valence electrons. The Morgan fingerprint density at radius 2 is 1.05 bits per heavy atom. The maximum absolute atomic E-state index is 10.5. The van der Waals surface area contributed by atoms with Crippen molar-refractivity contribution in [1.29, 1.82) is 0 Å². The molecule has 2 N–H and O–H groups in total. The van der Waals surface area contributed by atoms with E-state index in [9.17, 15) is 19.2 Å². The first-order chi connectivity index (χ1) is 10.3. The fourth-order valence-electron chi connectivity index (χ4n) is 0.871. The molecule has 0 aromatic carbocycles. The average Bonchev–Trinajstić information content (AvgIpc) is 2.44. The van der Waals surface area contributed by atoms with E-state index < -0.39 is 36.3 Å². The molecule has 9 nitrogen and oxygen atoms in total. The van der Waals surface area contributed by atoms with Gasteiger partial charge in [0.05, 0.1) is 0 Å². The zero-order chi connectivity index (χ0) is 18.0. The van der Waals surface area contributed by atoms with Crippen LogP contribution in [-0.2, 0) is 52.4 Å². The van der Waals surface area contributed by atoms with E-state index in [1.54, 1.807) is 13.8 Å². The third-order valence-corrected chi connectivity index (χ3v) is 1.63. The van der Waals surface area contributed by atoms with Gasteiger partial charge in [0, 0.05) is 13.2 Å². The standard InChI is InChI=1S/2C6H10O4.O.Ti/c2*1-2-10-4-5(7)3-6(8)9;;/h2*2-4H2,1H3,(H,8,9);;. The van der Waals surface area contributed by atoms with Crippen molar-refractivity contribution in [1.82, 2.24) is 0 Å². The van der Waals surface area contributed by atoms with Crippen LogP contribution in [0.5, 0.6) is 0 Å². The first-order valence-corrected chi connectivity index (χ1v) is 6.80. The molecule has 0 saturated heterocycles. The number of aliphatic carboxylic acids is 2. The van der Waals surface area contributed by atoms with Crippen LogP contribution in [0, 0.1) is 0 Å². The Bertz CT molecular complexity index is 311. The molecule has 0 bridgehead atoms. The second-order valence-electron chi connectivity index (χ2n) is 3.49. The molecule has 0 saturated carbocycles. The van der Waals surface area contributed by atoms with E-state index in [2.05, 4.69) is 9.47 Å². The van der Waals surface area contributed by atoms with E-state index in [4.69, 9.17) is 13.5 Å². The number of carboxylic acid groups (broad SMARTS) is 2. The molecule has 10 heteroatoms. The Labute approximate surface area is 139 Å². The fraction of sp³-hybridized carbons (Fsp3) is 0.667. The average molecular weight is 356 g/mol. The van der Waals surface area contributed by atoms with Crippen LogP contribution >= 0.6 is 0 Å². The van der Waals surface area contributed by atoms with Gasteiger partial charge in [-0.3, -0.25) is 19.2 Å². The number of hydrogen-bond donors (Lipinski definition) is 2. The molecular formula is C12H20O9Ti. The molecule has 0 fully saturated rings. The quantitative estimate of drug-likeness (QED) is 0.408. The predicted molar refractivity (Wildman–Crippen MR) is 68.2 cm³/mol. The molecule has 0 atom stereocenters. The van der Waals surface area contributed by atoms with Crippen molar-refractivity contribution < 1.29 is 62.6 Å². The van der Waals surface area contributed by atoms with Crippen molar-refractivity contribution in [2.24, 2.45) is 0 Å². The second kappa shape index (κ2) is 19.7. The third-order valence-electron chi connectivity index (χ3n) is 1.63. The van der Waals surface area contributed by atoms with E-state index in [1.165, 1.54) is 0 Å². The zero-order valence-electron chi connectivity index (χ0n) is 12.5. The molecule has 0 aromatic rings. The first-order valence-electron chi connectivity index (χ1n) is 6.16. The van der Waals surface area contributed by atoms with Crippen LogP contribution in [0.1, 0.15) is 26.7 Å². The Kier molecular flexibility index (Phi) is 23.0. The Morgan fingerprint density at radius 1 is 0.773 bits per heavy atom. The van der Waals surface area contributed by atoms with E-state index in [-0.39, 0.29) is 13.2 Å². The summed E-state index contributed by atoms with van der Waals surface area (Å²) in [5.74, 6) is -3.00. The van der Waals surface area contributed by atoms with Gasteiger partial charge in [0.1, 0.15) is 26.1 Å². The number of hydrogen-bond acceptors (Lipinski definition) is 7. The topological polar surface area (TPSA) is 144 Å². The molecule has 0 spiro atoms. The number of carboxylic acids is 2. The summed E-state index contributed by atoms with van der Waals surface area (Å²) in [6.07, 6.45) is -0.889. The van der Waals surface area contributed by atoms with Crippen molar-refractivity contribution >= 4 is 23.5 Å². The monoisotopic (exact) mass is 356 g/mol. The minimum atomic E-state index is -1.11. The first kappa shape index (κ1) is 25.7. The van der Waals surface area contributed by atoms with Crippen molar-refractivity contribution in [2.45, 2.75) is 26.7 Å². The summed E-state index contributed by atoms with van der Waals surface area (Å²) in [6.45, 7) is 4.17. The van der Waals surface area contributed by atoms with Crippen LogP contribution in [0.25, 0.3) is 0 Å². The van der Waals surface area contributed by atoms with Gasteiger partial charge in [0.25, 0.3) is 0 Å². The van der Waals surface area contributed by atoms with Crippen LogP contribution in [0.15, 0.2) is 0 Å². The van der Waals surface area contributed by atoms with Crippen LogP contribution in [0.3, 0.4) is 0 Å². The number of ether oxygens (including phenoxy) is 2. The Hall–Kier alpha value is -1.29. The number of ketones is 2. The van der Waals surface area contributed by atoms with Crippen LogP contribution < -0.4 is 0 Å². The van der Waals surface area contributed by atoms with Crippen molar-refractivity contribution in [3.8, 4) is 0 Å². The Morgan fingerprint density at radius 3 is 1.23 bits per heavy atom. The van der Waals surface area contributed by atoms with Gasteiger partial charge in [0.15, 0.2) is 11.6 Å². The van der Waals surface area contributed by atoms with Gasteiger partial charge >= 0.3 is 35.7 Å². The van der Waals surface area contributed by atoms with E-state index in [0.717, 1.165) is 20.4 Å². The van der Waals surface area contributed by atoms with Gasteiger partial charge in [0.2, 0.25) is 0 Å². The molecule has 22 heavy (non-hydrogen) atoms. The summed E-state index contributed by atoms with van der Waals surface area (Å²) < 4.78 is 17.6. The van der Waals surface area contributed by atoms with Gasteiger partial charge in [-0.25, -0.2) is 0 Å². The number of Topliss-reactive ketones (excluding diaryl/α,β-unsaturated/α-hetero) is 2. The number of carbonyl (C=O) groups is 4. The minimum absolute atomic E-state index is 0.0944. The molecule has 0 unspecified atom stereocenters. The molecular weight excluding hydrogens is 336 g/mol. The molecule has 0 amide bonds. The molecule has 0 radical (unpaired) electrons. The third kappa shape index (κ3) is 27.1. The summed E-state index contributed by atoms with van der Waals surface area (Å²) in [5.41, 5.74) is 0. The van der Waals surface area contributed by atoms with Crippen molar-refractivity contribution in [3.05, 3.63) is 0 Å². The Balaban J connectivity index is -0.000000294.